The van der Waals surface area contributed by atoms with E-state index in [4.69, 9.17) is 9.84 Å². The number of carbonyl (C=O) groups excluding carboxylic acids is 1. The number of amides is 1. The summed E-state index contributed by atoms with van der Waals surface area (Å²) in [5.74, 6) is 0. The lowest BCUT2D eigenvalue weighted by Crippen LogP contribution is -2.45. The van der Waals surface area contributed by atoms with Crippen LogP contribution in [0, 0.1) is 0 Å². The lowest BCUT2D eigenvalue weighted by Gasteiger charge is -2.23. The van der Waals surface area contributed by atoms with Crippen molar-refractivity contribution in [3.05, 3.63) is 0 Å². The summed E-state index contributed by atoms with van der Waals surface area (Å²) in [4.78, 5) is 11.4. The van der Waals surface area contributed by atoms with Gasteiger partial charge in [-0.2, -0.15) is 0 Å². The molecular weight excluding hydrogens is 232 g/mol. The van der Waals surface area contributed by atoms with Crippen molar-refractivity contribution in [2.24, 2.45) is 0 Å². The molecule has 5 heteroatoms. The number of alkyl carbamates (subject to hydrolysis) is 1. The van der Waals surface area contributed by atoms with Gasteiger partial charge >= 0.3 is 6.09 Å². The smallest absolute Gasteiger partial charge is 0.407 e. The van der Waals surface area contributed by atoms with E-state index < -0.39 is 11.7 Å². The van der Waals surface area contributed by atoms with Gasteiger partial charge in [0, 0.05) is 25.2 Å². The molecule has 5 nitrogen and oxygen atoms in total. The van der Waals surface area contributed by atoms with Crippen molar-refractivity contribution >= 4 is 6.09 Å². The zero-order valence-electron chi connectivity index (χ0n) is 12.2. The Hall–Kier alpha value is -0.810. The molecule has 0 rings (SSSR count). The largest absolute Gasteiger partial charge is 0.444 e. The van der Waals surface area contributed by atoms with E-state index in [0.29, 0.717) is 6.54 Å². The molecule has 0 bridgehead atoms. The summed E-state index contributed by atoms with van der Waals surface area (Å²) < 4.78 is 5.15. The van der Waals surface area contributed by atoms with E-state index in [-0.39, 0.29) is 18.7 Å². The molecule has 0 aromatic heterocycles. The van der Waals surface area contributed by atoms with Crippen molar-refractivity contribution in [3.8, 4) is 0 Å². The number of ether oxygens (including phenoxy) is 1. The first-order chi connectivity index (χ1) is 8.28. The monoisotopic (exact) mass is 260 g/mol. The fourth-order valence-corrected chi connectivity index (χ4v) is 1.57. The molecule has 108 valence electrons. The van der Waals surface area contributed by atoms with E-state index >= 15 is 0 Å². The summed E-state index contributed by atoms with van der Waals surface area (Å²) in [6, 6.07) is 0.430. The molecule has 0 saturated heterocycles. The van der Waals surface area contributed by atoms with Crippen molar-refractivity contribution in [1.29, 1.82) is 0 Å². The second kappa shape index (κ2) is 8.32. The average Bonchev–Trinajstić information content (AvgIpc) is 2.23. The summed E-state index contributed by atoms with van der Waals surface area (Å²) >= 11 is 0. The van der Waals surface area contributed by atoms with Gasteiger partial charge in [0.1, 0.15) is 5.60 Å². The highest BCUT2D eigenvalue weighted by Gasteiger charge is 2.17. The number of hydrogen-bond donors (Lipinski definition) is 3. The zero-order valence-corrected chi connectivity index (χ0v) is 12.2. The van der Waals surface area contributed by atoms with Crippen LogP contribution in [0.2, 0.25) is 0 Å². The minimum Gasteiger partial charge on any atom is -0.444 e. The molecule has 0 aromatic rings. The van der Waals surface area contributed by atoms with Crippen LogP contribution >= 0.6 is 0 Å². The zero-order chi connectivity index (χ0) is 14.2. The summed E-state index contributed by atoms with van der Waals surface area (Å²) in [7, 11) is 0. The summed E-state index contributed by atoms with van der Waals surface area (Å²) in [5.41, 5.74) is -0.469. The third kappa shape index (κ3) is 9.24. The number of nitrogens with one attached hydrogen (secondary N) is 2. The molecule has 2 atom stereocenters. The fourth-order valence-electron chi connectivity index (χ4n) is 1.57. The Labute approximate surface area is 110 Å². The first-order valence-corrected chi connectivity index (χ1v) is 6.62. The Morgan fingerprint density at radius 1 is 1.39 bits per heavy atom. The minimum absolute atomic E-state index is 0.147. The van der Waals surface area contributed by atoms with Crippen molar-refractivity contribution < 1.29 is 14.6 Å². The molecule has 0 fully saturated rings. The molecule has 1 amide bonds. The maximum absolute atomic E-state index is 11.4. The third-order valence-electron chi connectivity index (χ3n) is 2.44. The van der Waals surface area contributed by atoms with Gasteiger partial charge in [-0.3, -0.25) is 0 Å². The van der Waals surface area contributed by atoms with Crippen molar-refractivity contribution in [3.63, 3.8) is 0 Å². The van der Waals surface area contributed by atoms with Crippen LogP contribution in [0.5, 0.6) is 0 Å². The molecule has 0 saturated carbocycles. The molecule has 2 unspecified atom stereocenters. The van der Waals surface area contributed by atoms with Crippen LogP contribution in [0.15, 0.2) is 0 Å². The van der Waals surface area contributed by atoms with Gasteiger partial charge in [0.15, 0.2) is 0 Å². The van der Waals surface area contributed by atoms with Crippen LogP contribution in [-0.2, 0) is 4.74 Å². The van der Waals surface area contributed by atoms with Crippen molar-refractivity contribution in [2.45, 2.75) is 65.1 Å². The maximum Gasteiger partial charge on any atom is 0.407 e. The Bertz CT molecular complexity index is 239. The molecule has 0 radical (unpaired) electrons. The highest BCUT2D eigenvalue weighted by molar-refractivity contribution is 5.67. The van der Waals surface area contributed by atoms with Crippen LogP contribution in [0.25, 0.3) is 0 Å². The highest BCUT2D eigenvalue weighted by atomic mass is 16.6. The van der Waals surface area contributed by atoms with Gasteiger partial charge in [0.25, 0.3) is 0 Å². The van der Waals surface area contributed by atoms with Gasteiger partial charge in [0.05, 0.1) is 0 Å². The number of rotatable bonds is 7. The summed E-state index contributed by atoms with van der Waals surface area (Å²) in [6.45, 7) is 10.3. The van der Waals surface area contributed by atoms with E-state index in [1.807, 2.05) is 27.7 Å². The molecule has 0 aromatic carbocycles. The molecule has 0 spiro atoms. The molecule has 0 aliphatic rings. The Morgan fingerprint density at radius 3 is 2.44 bits per heavy atom. The van der Waals surface area contributed by atoms with Gasteiger partial charge < -0.3 is 20.5 Å². The Kier molecular flexibility index (Phi) is 7.95. The molecule has 0 aliphatic heterocycles. The molecule has 18 heavy (non-hydrogen) atoms. The Balaban J connectivity index is 3.88. The normalized spacial score (nSPS) is 15.0. The van der Waals surface area contributed by atoms with Gasteiger partial charge in [-0.15, -0.1) is 0 Å². The van der Waals surface area contributed by atoms with E-state index in [0.717, 1.165) is 12.8 Å². The second-order valence-electron chi connectivity index (χ2n) is 5.57. The second-order valence-corrected chi connectivity index (χ2v) is 5.57. The minimum atomic E-state index is -0.469. The van der Waals surface area contributed by atoms with Gasteiger partial charge in [-0.05, 0) is 40.5 Å². The lowest BCUT2D eigenvalue weighted by atomic mass is 10.1. The first kappa shape index (κ1) is 17.2. The fraction of sp³-hybridized carbons (Fsp3) is 0.923. The van der Waals surface area contributed by atoms with Crippen LogP contribution < -0.4 is 10.6 Å². The summed E-state index contributed by atoms with van der Waals surface area (Å²) in [6.07, 6.45) is 1.29. The van der Waals surface area contributed by atoms with E-state index in [1.165, 1.54) is 0 Å². The predicted molar refractivity (Wildman–Crippen MR) is 72.6 cm³/mol. The summed E-state index contributed by atoms with van der Waals surface area (Å²) in [5, 5.41) is 15.0. The molecular formula is C13H28N2O3. The van der Waals surface area contributed by atoms with Gasteiger partial charge in [0.2, 0.25) is 0 Å². The quantitative estimate of drug-likeness (QED) is 0.651. The number of carbonyl (C=O) groups is 1. The highest BCUT2D eigenvalue weighted by Crippen LogP contribution is 2.06. The maximum atomic E-state index is 11.4. The number of hydrogen-bond acceptors (Lipinski definition) is 4. The Morgan fingerprint density at radius 2 is 2.00 bits per heavy atom. The van der Waals surface area contributed by atoms with E-state index in [2.05, 4.69) is 17.6 Å². The number of aliphatic hydroxyl groups is 1. The van der Waals surface area contributed by atoms with Crippen molar-refractivity contribution in [1.82, 2.24) is 10.6 Å². The predicted octanol–water partition coefficient (Wildman–Crippen LogP) is 1.65. The topological polar surface area (TPSA) is 70.6 Å². The van der Waals surface area contributed by atoms with E-state index in [9.17, 15) is 4.79 Å². The first-order valence-electron chi connectivity index (χ1n) is 6.62. The van der Waals surface area contributed by atoms with E-state index in [1.54, 1.807) is 0 Å². The van der Waals surface area contributed by atoms with Gasteiger partial charge in [-0.25, -0.2) is 4.79 Å². The van der Waals surface area contributed by atoms with Crippen LogP contribution in [0.3, 0.4) is 0 Å². The molecule has 0 aliphatic carbocycles. The standard InChI is InChI=1S/C13H28N2O3/c1-6-11(7-8-16)15-10(2)9-14-12(17)18-13(3,4)5/h10-11,15-16H,6-9H2,1-5H3,(H,14,17). The average molecular weight is 260 g/mol. The van der Waals surface area contributed by atoms with Crippen LogP contribution in [0.1, 0.15) is 47.5 Å². The van der Waals surface area contributed by atoms with Crippen LogP contribution in [0.4, 0.5) is 4.79 Å². The van der Waals surface area contributed by atoms with Crippen molar-refractivity contribution in [2.75, 3.05) is 13.2 Å². The van der Waals surface area contributed by atoms with Crippen LogP contribution in [-0.4, -0.2) is 42.0 Å². The SMILES string of the molecule is CCC(CCO)NC(C)CNC(=O)OC(C)(C)C. The number of aliphatic hydroxyl groups excluding tert-OH is 1. The lowest BCUT2D eigenvalue weighted by molar-refractivity contribution is 0.0522. The molecule has 3 N–H and O–H groups in total. The third-order valence-corrected chi connectivity index (χ3v) is 2.44. The van der Waals surface area contributed by atoms with Gasteiger partial charge in [-0.1, -0.05) is 6.92 Å². The molecule has 0 heterocycles.